The molecule has 0 atom stereocenters. The van der Waals surface area contributed by atoms with Gasteiger partial charge < -0.3 is 0 Å². The number of nitrogens with zero attached hydrogens (tertiary/aromatic N) is 3. The fourth-order valence-corrected chi connectivity index (χ4v) is 2.88. The molecule has 1 aromatic heterocycles. The predicted octanol–water partition coefficient (Wildman–Crippen LogP) is 2.79. The highest BCUT2D eigenvalue weighted by Gasteiger charge is 2.12. The highest BCUT2D eigenvalue weighted by molar-refractivity contribution is 7.15. The van der Waals surface area contributed by atoms with Gasteiger partial charge in [0.05, 0.1) is 12.6 Å². The van der Waals surface area contributed by atoms with Crippen molar-refractivity contribution in [3.63, 3.8) is 0 Å². The van der Waals surface area contributed by atoms with Crippen LogP contribution in [0.1, 0.15) is 26.5 Å². The lowest BCUT2D eigenvalue weighted by Gasteiger charge is -1.99. The van der Waals surface area contributed by atoms with Crippen molar-refractivity contribution in [3.8, 4) is 0 Å². The molecule has 136 valence electrons. The number of aryl methyl sites for hydroxylation is 1. The van der Waals surface area contributed by atoms with Gasteiger partial charge in [-0.3, -0.25) is 14.9 Å². The Hall–Kier alpha value is -3.39. The number of hydrogen-bond donors (Lipinski definition) is 2. The third-order valence-corrected chi connectivity index (χ3v) is 4.35. The molecule has 2 N–H and O–H groups in total. The number of rotatable bonds is 6. The Morgan fingerprint density at radius 2 is 1.81 bits per heavy atom. The summed E-state index contributed by atoms with van der Waals surface area (Å²) in [5, 5.41) is 15.2. The minimum absolute atomic E-state index is 0.0319. The van der Waals surface area contributed by atoms with Crippen LogP contribution in [0.2, 0.25) is 0 Å². The number of hydrazone groups is 1. The van der Waals surface area contributed by atoms with Gasteiger partial charge in [0, 0.05) is 5.56 Å². The fourth-order valence-electron chi connectivity index (χ4n) is 2.14. The molecular weight excluding hydrogens is 362 g/mol. The maximum atomic E-state index is 12.1. The molecule has 0 aliphatic rings. The first-order valence-corrected chi connectivity index (χ1v) is 8.99. The SMILES string of the molecule is Cc1ccc(/C=N\NC(=O)Cc2nnc(NC(=O)c3ccccc3)s2)cc1. The molecule has 3 rings (SSSR count). The van der Waals surface area contributed by atoms with Crippen molar-refractivity contribution in [3.05, 3.63) is 76.3 Å². The summed E-state index contributed by atoms with van der Waals surface area (Å²) in [4.78, 5) is 24.0. The average molecular weight is 379 g/mol. The highest BCUT2D eigenvalue weighted by Crippen LogP contribution is 2.16. The third-order valence-electron chi connectivity index (χ3n) is 3.52. The minimum atomic E-state index is -0.310. The van der Waals surface area contributed by atoms with Crippen molar-refractivity contribution in [2.45, 2.75) is 13.3 Å². The molecule has 2 amide bonds. The van der Waals surface area contributed by atoms with E-state index in [1.165, 1.54) is 0 Å². The summed E-state index contributed by atoms with van der Waals surface area (Å²) in [5.74, 6) is -0.583. The van der Waals surface area contributed by atoms with E-state index >= 15 is 0 Å². The molecule has 0 aliphatic carbocycles. The lowest BCUT2D eigenvalue weighted by molar-refractivity contribution is -0.120. The zero-order chi connectivity index (χ0) is 19.1. The number of amides is 2. The Morgan fingerprint density at radius 3 is 2.56 bits per heavy atom. The summed E-state index contributed by atoms with van der Waals surface area (Å²) in [6.07, 6.45) is 1.60. The normalized spacial score (nSPS) is 10.7. The molecule has 27 heavy (non-hydrogen) atoms. The molecule has 0 saturated carbocycles. The van der Waals surface area contributed by atoms with Crippen LogP contribution < -0.4 is 10.7 Å². The van der Waals surface area contributed by atoms with E-state index in [4.69, 9.17) is 0 Å². The Kier molecular flexibility index (Phi) is 6.01. The van der Waals surface area contributed by atoms with Gasteiger partial charge in [0.2, 0.25) is 11.0 Å². The summed E-state index contributed by atoms with van der Waals surface area (Å²) in [7, 11) is 0. The van der Waals surface area contributed by atoms with E-state index in [0.29, 0.717) is 15.7 Å². The van der Waals surface area contributed by atoms with Gasteiger partial charge in [0.1, 0.15) is 5.01 Å². The van der Waals surface area contributed by atoms with Crippen molar-refractivity contribution in [1.82, 2.24) is 15.6 Å². The lowest BCUT2D eigenvalue weighted by atomic mass is 10.2. The molecule has 1 heterocycles. The van der Waals surface area contributed by atoms with Crippen LogP contribution >= 0.6 is 11.3 Å². The Morgan fingerprint density at radius 1 is 1.07 bits per heavy atom. The van der Waals surface area contributed by atoms with Crippen molar-refractivity contribution in [2.75, 3.05) is 5.32 Å². The number of hydrogen-bond acceptors (Lipinski definition) is 6. The Bertz CT molecular complexity index is 952. The molecule has 0 saturated heterocycles. The van der Waals surface area contributed by atoms with E-state index in [1.807, 2.05) is 37.3 Å². The number of benzene rings is 2. The van der Waals surface area contributed by atoms with Gasteiger partial charge in [-0.2, -0.15) is 5.10 Å². The summed E-state index contributed by atoms with van der Waals surface area (Å²) in [5.41, 5.74) is 5.02. The minimum Gasteiger partial charge on any atom is -0.296 e. The molecule has 0 unspecified atom stereocenters. The van der Waals surface area contributed by atoms with Crippen molar-refractivity contribution >= 4 is 34.5 Å². The number of anilines is 1. The first-order chi connectivity index (χ1) is 13.1. The Labute approximate surface area is 160 Å². The monoisotopic (exact) mass is 379 g/mol. The second kappa shape index (κ2) is 8.81. The average Bonchev–Trinajstić information content (AvgIpc) is 3.10. The van der Waals surface area contributed by atoms with Crippen LogP contribution in [0.4, 0.5) is 5.13 Å². The third kappa shape index (κ3) is 5.55. The zero-order valence-electron chi connectivity index (χ0n) is 14.5. The summed E-state index contributed by atoms with van der Waals surface area (Å²) >= 11 is 1.15. The van der Waals surface area contributed by atoms with Crippen LogP contribution in [0.5, 0.6) is 0 Å². The second-order valence-corrected chi connectivity index (χ2v) is 6.76. The molecular formula is C19H17N5O2S. The molecule has 7 nitrogen and oxygen atoms in total. The van der Waals surface area contributed by atoms with E-state index in [0.717, 1.165) is 22.5 Å². The molecule has 3 aromatic rings. The number of carbonyl (C=O) groups excluding carboxylic acids is 2. The standard InChI is InChI=1S/C19H17N5O2S/c1-13-7-9-14(10-8-13)12-20-22-16(25)11-17-23-24-19(27-17)21-18(26)15-5-3-2-4-6-15/h2-10,12H,11H2,1H3,(H,22,25)(H,21,24,26)/b20-12-. The van der Waals surface area contributed by atoms with Crippen LogP contribution in [0.15, 0.2) is 59.7 Å². The van der Waals surface area contributed by atoms with Crippen LogP contribution in [0.25, 0.3) is 0 Å². The number of aromatic nitrogens is 2. The lowest BCUT2D eigenvalue weighted by Crippen LogP contribution is -2.19. The maximum Gasteiger partial charge on any atom is 0.257 e. The second-order valence-electron chi connectivity index (χ2n) is 5.70. The first kappa shape index (κ1) is 18.4. The Balaban J connectivity index is 1.50. The van der Waals surface area contributed by atoms with Crippen molar-refractivity contribution < 1.29 is 9.59 Å². The predicted molar refractivity (Wildman–Crippen MR) is 105 cm³/mol. The van der Waals surface area contributed by atoms with Gasteiger partial charge >= 0.3 is 0 Å². The van der Waals surface area contributed by atoms with Gasteiger partial charge in [0.15, 0.2) is 0 Å². The van der Waals surface area contributed by atoms with E-state index in [-0.39, 0.29) is 18.2 Å². The number of carbonyl (C=O) groups is 2. The molecule has 8 heteroatoms. The summed E-state index contributed by atoms with van der Waals surface area (Å²) in [6, 6.07) is 16.6. The zero-order valence-corrected chi connectivity index (χ0v) is 15.4. The van der Waals surface area contributed by atoms with Crippen LogP contribution in [0, 0.1) is 6.92 Å². The molecule has 0 fully saturated rings. The van der Waals surface area contributed by atoms with E-state index < -0.39 is 0 Å². The van der Waals surface area contributed by atoms with Crippen LogP contribution in [0.3, 0.4) is 0 Å². The van der Waals surface area contributed by atoms with Crippen LogP contribution in [-0.4, -0.2) is 28.2 Å². The molecule has 0 bridgehead atoms. The van der Waals surface area contributed by atoms with Crippen molar-refractivity contribution in [2.24, 2.45) is 5.10 Å². The molecule has 0 spiro atoms. The first-order valence-electron chi connectivity index (χ1n) is 8.17. The van der Waals surface area contributed by atoms with Crippen molar-refractivity contribution in [1.29, 1.82) is 0 Å². The molecule has 0 radical (unpaired) electrons. The molecule has 0 aliphatic heterocycles. The van der Waals surface area contributed by atoms with Gasteiger partial charge in [0.25, 0.3) is 5.91 Å². The summed E-state index contributed by atoms with van der Waals surface area (Å²) in [6.45, 7) is 2.00. The van der Waals surface area contributed by atoms with Gasteiger partial charge in [-0.15, -0.1) is 10.2 Å². The van der Waals surface area contributed by atoms with Gasteiger partial charge in [-0.05, 0) is 24.6 Å². The van der Waals surface area contributed by atoms with E-state index in [2.05, 4.69) is 26.0 Å². The van der Waals surface area contributed by atoms with Gasteiger partial charge in [-0.1, -0.05) is 59.4 Å². The summed E-state index contributed by atoms with van der Waals surface area (Å²) < 4.78 is 0. The number of nitrogens with one attached hydrogen (secondary N) is 2. The topological polar surface area (TPSA) is 96.3 Å². The van der Waals surface area contributed by atoms with Crippen LogP contribution in [-0.2, 0) is 11.2 Å². The maximum absolute atomic E-state index is 12.1. The van der Waals surface area contributed by atoms with Gasteiger partial charge in [-0.25, -0.2) is 5.43 Å². The fraction of sp³-hybridized carbons (Fsp3) is 0.105. The smallest absolute Gasteiger partial charge is 0.257 e. The highest BCUT2D eigenvalue weighted by atomic mass is 32.1. The van der Waals surface area contributed by atoms with E-state index in [1.54, 1.807) is 30.5 Å². The largest absolute Gasteiger partial charge is 0.296 e. The molecule has 2 aromatic carbocycles. The quantitative estimate of drug-likeness (QED) is 0.508. The van der Waals surface area contributed by atoms with E-state index in [9.17, 15) is 9.59 Å².